The highest BCUT2D eigenvalue weighted by molar-refractivity contribution is 5.79. The van der Waals surface area contributed by atoms with Gasteiger partial charge < -0.3 is 9.64 Å². The zero-order chi connectivity index (χ0) is 20.3. The molecule has 2 atom stereocenters. The molecule has 5 heteroatoms. The lowest BCUT2D eigenvalue weighted by molar-refractivity contribution is -0.136. The lowest BCUT2D eigenvalue weighted by atomic mass is 9.93. The zero-order valence-electron chi connectivity index (χ0n) is 16.9. The van der Waals surface area contributed by atoms with E-state index in [9.17, 15) is 10.1 Å². The van der Waals surface area contributed by atoms with Crippen molar-refractivity contribution >= 4 is 5.91 Å². The summed E-state index contributed by atoms with van der Waals surface area (Å²) in [6.45, 7) is 8.41. The Balaban J connectivity index is 2.11. The van der Waals surface area contributed by atoms with E-state index in [4.69, 9.17) is 4.74 Å². The van der Waals surface area contributed by atoms with E-state index >= 15 is 0 Å². The van der Waals surface area contributed by atoms with Gasteiger partial charge in [-0.05, 0) is 38.8 Å². The van der Waals surface area contributed by atoms with E-state index in [1.807, 2.05) is 76.2 Å². The van der Waals surface area contributed by atoms with Gasteiger partial charge in [-0.1, -0.05) is 48.5 Å². The molecule has 2 unspecified atom stereocenters. The number of nitrogens with zero attached hydrogens (tertiary/aromatic N) is 2. The molecule has 1 aliphatic heterocycles. The molecule has 0 aliphatic carbocycles. The van der Waals surface area contributed by atoms with Gasteiger partial charge in [0.2, 0.25) is 0 Å². The monoisotopic (exact) mass is 377 g/mol. The second kappa shape index (κ2) is 8.04. The number of nitrogens with one attached hydrogen (secondary N) is 1. The summed E-state index contributed by atoms with van der Waals surface area (Å²) >= 11 is 0. The number of carbonyl (C=O) groups excluding carboxylic acids is 1. The highest BCUT2D eigenvalue weighted by Gasteiger charge is 2.38. The van der Waals surface area contributed by atoms with E-state index in [2.05, 4.69) is 11.4 Å². The average molecular weight is 377 g/mol. The molecule has 0 aromatic heterocycles. The summed E-state index contributed by atoms with van der Waals surface area (Å²) in [7, 11) is 0. The number of aryl methyl sites for hydroxylation is 1. The van der Waals surface area contributed by atoms with Crippen LogP contribution in [0.5, 0.6) is 5.75 Å². The number of hydrogen-bond donors (Lipinski definition) is 1. The molecule has 1 N–H and O–H groups in total. The van der Waals surface area contributed by atoms with Crippen LogP contribution in [0, 0.1) is 18.3 Å². The molecule has 0 saturated carbocycles. The molecular formula is C23H27N3O2. The minimum Gasteiger partial charge on any atom is -0.483 e. The Morgan fingerprint density at radius 2 is 1.93 bits per heavy atom. The van der Waals surface area contributed by atoms with Crippen molar-refractivity contribution in [2.75, 3.05) is 6.61 Å². The normalized spacial score (nSPS) is 17.9. The molecule has 0 radical (unpaired) electrons. The number of amides is 1. The van der Waals surface area contributed by atoms with E-state index in [1.165, 1.54) is 0 Å². The first-order valence-electron chi connectivity index (χ1n) is 9.53. The fraction of sp³-hybridized carbons (Fsp3) is 0.391. The van der Waals surface area contributed by atoms with Gasteiger partial charge in [0.1, 0.15) is 11.8 Å². The number of benzene rings is 2. The topological polar surface area (TPSA) is 65.4 Å². The molecule has 1 aliphatic rings. The predicted octanol–water partition coefficient (Wildman–Crippen LogP) is 3.74. The molecule has 146 valence electrons. The maximum Gasteiger partial charge on any atom is 0.261 e. The second-order valence-corrected chi connectivity index (χ2v) is 8.24. The Bertz CT molecular complexity index is 881. The second-order valence-electron chi connectivity index (χ2n) is 8.24. The number of hydrogen-bond acceptors (Lipinski definition) is 4. The largest absolute Gasteiger partial charge is 0.483 e. The van der Waals surface area contributed by atoms with Crippen LogP contribution >= 0.6 is 0 Å². The van der Waals surface area contributed by atoms with Crippen molar-refractivity contribution in [2.24, 2.45) is 0 Å². The van der Waals surface area contributed by atoms with Gasteiger partial charge >= 0.3 is 0 Å². The van der Waals surface area contributed by atoms with Crippen LogP contribution in [0.25, 0.3) is 0 Å². The fourth-order valence-electron chi connectivity index (χ4n) is 3.62. The third-order valence-electron chi connectivity index (χ3n) is 4.80. The third-order valence-corrected chi connectivity index (χ3v) is 4.80. The Morgan fingerprint density at radius 3 is 2.57 bits per heavy atom. The van der Waals surface area contributed by atoms with E-state index < -0.39 is 12.1 Å². The molecule has 5 nitrogen and oxygen atoms in total. The van der Waals surface area contributed by atoms with Crippen molar-refractivity contribution in [1.82, 2.24) is 10.2 Å². The number of rotatable bonds is 4. The van der Waals surface area contributed by atoms with E-state index in [0.29, 0.717) is 12.3 Å². The summed E-state index contributed by atoms with van der Waals surface area (Å²) < 4.78 is 5.89. The van der Waals surface area contributed by atoms with Crippen molar-refractivity contribution in [3.63, 3.8) is 0 Å². The molecule has 1 amide bonds. The Morgan fingerprint density at radius 1 is 1.21 bits per heavy atom. The highest BCUT2D eigenvalue weighted by atomic mass is 16.5. The van der Waals surface area contributed by atoms with E-state index in [-0.39, 0.29) is 18.1 Å². The molecule has 3 rings (SSSR count). The lowest BCUT2D eigenvalue weighted by Gasteiger charge is -2.36. The smallest absolute Gasteiger partial charge is 0.261 e. The lowest BCUT2D eigenvalue weighted by Crippen LogP contribution is -2.51. The molecule has 0 bridgehead atoms. The summed E-state index contributed by atoms with van der Waals surface area (Å²) in [6.07, 6.45) is 0. The van der Waals surface area contributed by atoms with Crippen molar-refractivity contribution in [3.05, 3.63) is 65.2 Å². The van der Waals surface area contributed by atoms with Crippen LogP contribution in [0.1, 0.15) is 43.5 Å². The van der Waals surface area contributed by atoms with Crippen molar-refractivity contribution in [2.45, 2.75) is 51.9 Å². The minimum absolute atomic E-state index is 0.0329. The Kier molecular flexibility index (Phi) is 5.71. The van der Waals surface area contributed by atoms with Crippen molar-refractivity contribution < 1.29 is 9.53 Å². The maximum atomic E-state index is 13.1. The minimum atomic E-state index is -0.574. The van der Waals surface area contributed by atoms with Gasteiger partial charge in [0.15, 0.2) is 6.61 Å². The van der Waals surface area contributed by atoms with Gasteiger partial charge in [0.05, 0.1) is 12.1 Å². The molecular weight excluding hydrogens is 350 g/mol. The van der Waals surface area contributed by atoms with E-state index in [1.54, 1.807) is 4.90 Å². The first-order valence-corrected chi connectivity index (χ1v) is 9.53. The van der Waals surface area contributed by atoms with Gasteiger partial charge in [0.25, 0.3) is 5.91 Å². The molecule has 0 saturated heterocycles. The Labute approximate surface area is 166 Å². The van der Waals surface area contributed by atoms with Gasteiger partial charge in [-0.25, -0.2) is 0 Å². The third kappa shape index (κ3) is 4.35. The van der Waals surface area contributed by atoms with Gasteiger partial charge in [0, 0.05) is 17.6 Å². The molecule has 2 aromatic rings. The van der Waals surface area contributed by atoms with Crippen LogP contribution in [0.15, 0.2) is 48.5 Å². The SMILES string of the molecule is Cc1cccc2c1OCC(=O)N(Cc1ccccc1)C2C(C#N)NC(C)(C)C. The standard InChI is InChI=1S/C23H27N3O2/c1-16-9-8-12-18-21(19(13-24)25-23(2,3)4)26(20(27)15-28-22(16)18)14-17-10-6-5-7-11-17/h5-12,19,21,25H,14-15H2,1-4H3. The summed E-state index contributed by atoms with van der Waals surface area (Å²) in [6, 6.07) is 17.1. The quantitative estimate of drug-likeness (QED) is 0.882. The first-order chi connectivity index (χ1) is 13.3. The molecule has 0 spiro atoms. The van der Waals surface area contributed by atoms with Crippen LogP contribution in [0.3, 0.4) is 0 Å². The summed E-state index contributed by atoms with van der Waals surface area (Å²) in [4.78, 5) is 14.8. The fourth-order valence-corrected chi connectivity index (χ4v) is 3.62. The van der Waals surface area contributed by atoms with Crippen LogP contribution < -0.4 is 10.1 Å². The van der Waals surface area contributed by atoms with Gasteiger partial charge in [-0.2, -0.15) is 5.26 Å². The van der Waals surface area contributed by atoms with Crippen LogP contribution in [-0.4, -0.2) is 29.0 Å². The van der Waals surface area contributed by atoms with Gasteiger partial charge in [-0.15, -0.1) is 0 Å². The first kappa shape index (κ1) is 19.9. The number of fused-ring (bicyclic) bond motifs is 1. The summed E-state index contributed by atoms with van der Waals surface area (Å²) in [5, 5.41) is 13.4. The molecule has 2 aromatic carbocycles. The molecule has 1 heterocycles. The van der Waals surface area contributed by atoms with Crippen LogP contribution in [0.2, 0.25) is 0 Å². The summed E-state index contributed by atoms with van der Waals surface area (Å²) in [5.74, 6) is 0.577. The van der Waals surface area contributed by atoms with Gasteiger partial charge in [-0.3, -0.25) is 10.1 Å². The van der Waals surface area contributed by atoms with Crippen LogP contribution in [-0.2, 0) is 11.3 Å². The summed E-state index contributed by atoms with van der Waals surface area (Å²) in [5.41, 5.74) is 2.57. The van der Waals surface area contributed by atoms with Crippen molar-refractivity contribution in [3.8, 4) is 11.8 Å². The number of ether oxygens (including phenoxy) is 1. The molecule has 0 fully saturated rings. The average Bonchev–Trinajstić information content (AvgIpc) is 2.78. The molecule has 28 heavy (non-hydrogen) atoms. The maximum absolute atomic E-state index is 13.1. The highest BCUT2D eigenvalue weighted by Crippen LogP contribution is 2.38. The zero-order valence-corrected chi connectivity index (χ0v) is 16.9. The number of nitriles is 1. The van der Waals surface area contributed by atoms with E-state index in [0.717, 1.165) is 16.7 Å². The van der Waals surface area contributed by atoms with Crippen LogP contribution in [0.4, 0.5) is 0 Å². The number of para-hydroxylation sites is 1. The Hall–Kier alpha value is -2.84. The number of carbonyl (C=O) groups is 1. The van der Waals surface area contributed by atoms with Crippen molar-refractivity contribution in [1.29, 1.82) is 5.26 Å². The predicted molar refractivity (Wildman–Crippen MR) is 109 cm³/mol.